The third-order valence-electron chi connectivity index (χ3n) is 0.728. The number of ether oxygens (including phenoxy) is 2. The minimum absolute atomic E-state index is 0.122. The van der Waals surface area contributed by atoms with Crippen molar-refractivity contribution < 1.29 is 14.3 Å². The van der Waals surface area contributed by atoms with Gasteiger partial charge in [0.1, 0.15) is 6.54 Å². The summed E-state index contributed by atoms with van der Waals surface area (Å²) >= 11 is 0. The topological polar surface area (TPSA) is 47.9 Å². The lowest BCUT2D eigenvalue weighted by molar-refractivity contribution is 0.00816. The zero-order chi connectivity index (χ0) is 7.11. The van der Waals surface area contributed by atoms with Crippen molar-refractivity contribution in [3.63, 3.8) is 0 Å². The van der Waals surface area contributed by atoms with Crippen LogP contribution in [-0.4, -0.2) is 26.8 Å². The Morgan fingerprint density at radius 3 is 2.44 bits per heavy atom. The van der Waals surface area contributed by atoms with Crippen molar-refractivity contribution >= 4 is 6.08 Å². The van der Waals surface area contributed by atoms with Gasteiger partial charge in [0.25, 0.3) is 0 Å². The molecule has 0 saturated heterocycles. The predicted octanol–water partition coefficient (Wildman–Crippen LogP) is 0.104. The monoisotopic (exact) mass is 130 g/mol. The molecule has 0 rings (SSSR count). The number of aliphatic imine (C=N–C) groups is 1. The molecule has 9 heavy (non-hydrogen) atoms. The lowest BCUT2D eigenvalue weighted by Gasteiger charge is -2.05. The summed E-state index contributed by atoms with van der Waals surface area (Å²) in [6, 6.07) is 0. The van der Waals surface area contributed by atoms with Gasteiger partial charge in [0.05, 0.1) is 0 Å². The first-order chi connectivity index (χ1) is 4.35. The van der Waals surface area contributed by atoms with Crippen LogP contribution in [0.15, 0.2) is 4.99 Å². The third-order valence-corrected chi connectivity index (χ3v) is 0.728. The summed E-state index contributed by atoms with van der Waals surface area (Å²) in [5, 5.41) is 0. The van der Waals surface area contributed by atoms with E-state index in [0.29, 0.717) is 6.29 Å². The van der Waals surface area contributed by atoms with Gasteiger partial charge in [-0.25, -0.2) is 9.79 Å². The molecule has 0 aromatic rings. The van der Waals surface area contributed by atoms with Gasteiger partial charge < -0.3 is 9.47 Å². The zero-order valence-electron chi connectivity index (χ0n) is 5.38. The van der Waals surface area contributed by atoms with E-state index in [1.165, 1.54) is 20.3 Å². The number of carbonyl (C=O) groups excluding carboxylic acids is 1. The Hall–Kier alpha value is -0.700. The van der Waals surface area contributed by atoms with Gasteiger partial charge >= 0.3 is 0 Å². The Kier molecular flexibility index (Phi) is 5.01. The first-order valence-corrected chi connectivity index (χ1v) is 2.32. The average molecular weight is 130 g/mol. The fourth-order valence-electron chi connectivity index (χ4n) is 0.309. The molecule has 1 radical (unpaired) electrons. The highest BCUT2D eigenvalue weighted by molar-refractivity contribution is 5.33. The molecule has 0 aromatic heterocycles. The van der Waals surface area contributed by atoms with Gasteiger partial charge in [-0.3, -0.25) is 0 Å². The lowest BCUT2D eigenvalue weighted by atomic mass is 10.6. The fraction of sp³-hybridized carbons (Fsp3) is 0.600. The summed E-state index contributed by atoms with van der Waals surface area (Å²) in [5.74, 6) is 0. The second-order valence-corrected chi connectivity index (χ2v) is 1.19. The van der Waals surface area contributed by atoms with Crippen molar-refractivity contribution in [1.29, 1.82) is 0 Å². The van der Waals surface area contributed by atoms with Crippen LogP contribution < -0.4 is 0 Å². The first-order valence-electron chi connectivity index (χ1n) is 2.32. The SMILES string of the molecule is CO[C](CN=C=O)OC. The Bertz CT molecular complexity index is 105. The first kappa shape index (κ1) is 8.30. The van der Waals surface area contributed by atoms with E-state index in [0.717, 1.165) is 0 Å². The highest BCUT2D eigenvalue weighted by Crippen LogP contribution is 1.99. The van der Waals surface area contributed by atoms with Crippen LogP contribution in [0.2, 0.25) is 0 Å². The van der Waals surface area contributed by atoms with Crippen LogP contribution >= 0.6 is 0 Å². The van der Waals surface area contributed by atoms with Crippen molar-refractivity contribution in [1.82, 2.24) is 0 Å². The molecule has 0 spiro atoms. The Morgan fingerprint density at radius 1 is 1.56 bits per heavy atom. The number of isocyanates is 1. The van der Waals surface area contributed by atoms with Crippen molar-refractivity contribution in [2.24, 2.45) is 4.99 Å². The molecule has 4 nitrogen and oxygen atoms in total. The number of nitrogens with zero attached hydrogens (tertiary/aromatic N) is 1. The number of methoxy groups -OCH3 is 2. The maximum Gasteiger partial charge on any atom is 0.246 e. The van der Waals surface area contributed by atoms with E-state index in [1.54, 1.807) is 0 Å². The molecule has 0 amide bonds. The molecule has 0 atom stereocenters. The molecule has 0 fully saturated rings. The van der Waals surface area contributed by atoms with E-state index < -0.39 is 0 Å². The summed E-state index contributed by atoms with van der Waals surface area (Å²) < 4.78 is 9.25. The van der Waals surface area contributed by atoms with Crippen molar-refractivity contribution in [3.8, 4) is 0 Å². The molecule has 0 unspecified atom stereocenters. The molecular weight excluding hydrogens is 122 g/mol. The second kappa shape index (κ2) is 5.44. The van der Waals surface area contributed by atoms with Crippen LogP contribution in [0, 0.1) is 6.29 Å². The predicted molar refractivity (Wildman–Crippen MR) is 30.2 cm³/mol. The molecule has 0 aliphatic heterocycles. The molecule has 4 heteroatoms. The highest BCUT2D eigenvalue weighted by atomic mass is 16.7. The van der Waals surface area contributed by atoms with Crippen molar-refractivity contribution in [2.45, 2.75) is 0 Å². The molecule has 0 bridgehead atoms. The fourth-order valence-corrected chi connectivity index (χ4v) is 0.309. The summed E-state index contributed by atoms with van der Waals surface area (Å²) in [5.41, 5.74) is 0. The number of hydrogen-bond donors (Lipinski definition) is 0. The van der Waals surface area contributed by atoms with E-state index >= 15 is 0 Å². The van der Waals surface area contributed by atoms with E-state index in [4.69, 9.17) is 0 Å². The average Bonchev–Trinajstić information content (AvgIpc) is 1.91. The molecule has 0 saturated carbocycles. The van der Waals surface area contributed by atoms with Gasteiger partial charge in [-0.05, 0) is 0 Å². The second-order valence-electron chi connectivity index (χ2n) is 1.19. The molecular formula is C5H8NO3. The molecule has 0 aromatic carbocycles. The van der Waals surface area contributed by atoms with Gasteiger partial charge in [-0.2, -0.15) is 0 Å². The van der Waals surface area contributed by atoms with Crippen LogP contribution in [0.1, 0.15) is 0 Å². The Morgan fingerprint density at radius 2 is 2.11 bits per heavy atom. The number of hydrogen-bond acceptors (Lipinski definition) is 4. The molecule has 0 heterocycles. The van der Waals surface area contributed by atoms with Gasteiger partial charge in [0.2, 0.25) is 12.4 Å². The summed E-state index contributed by atoms with van der Waals surface area (Å²) in [7, 11) is 2.89. The Balaban J connectivity index is 3.42. The van der Waals surface area contributed by atoms with Crippen LogP contribution in [0.25, 0.3) is 0 Å². The van der Waals surface area contributed by atoms with Crippen molar-refractivity contribution in [2.75, 3.05) is 20.8 Å². The van der Waals surface area contributed by atoms with Gasteiger partial charge in [-0.1, -0.05) is 0 Å². The van der Waals surface area contributed by atoms with E-state index in [1.807, 2.05) is 0 Å². The maximum atomic E-state index is 9.53. The van der Waals surface area contributed by atoms with Crippen LogP contribution in [0.5, 0.6) is 0 Å². The van der Waals surface area contributed by atoms with Crippen LogP contribution in [-0.2, 0) is 14.3 Å². The minimum Gasteiger partial charge on any atom is -0.347 e. The van der Waals surface area contributed by atoms with E-state index in [-0.39, 0.29) is 6.54 Å². The van der Waals surface area contributed by atoms with Crippen LogP contribution in [0.4, 0.5) is 0 Å². The smallest absolute Gasteiger partial charge is 0.246 e. The van der Waals surface area contributed by atoms with Gasteiger partial charge in [0.15, 0.2) is 0 Å². The molecule has 0 aliphatic rings. The normalized spacial score (nSPS) is 9.22. The standard InChI is InChI=1S/C5H8NO3/c1-8-5(9-2)3-6-4-7/h3H2,1-2H3. The third kappa shape index (κ3) is 3.85. The maximum absolute atomic E-state index is 9.53. The summed E-state index contributed by atoms with van der Waals surface area (Å²) in [6.07, 6.45) is 1.67. The highest BCUT2D eigenvalue weighted by Gasteiger charge is 2.03. The quantitative estimate of drug-likeness (QED) is 0.400. The lowest BCUT2D eigenvalue weighted by Crippen LogP contribution is -2.05. The molecule has 51 valence electrons. The zero-order valence-corrected chi connectivity index (χ0v) is 5.38. The summed E-state index contributed by atoms with van der Waals surface area (Å²) in [6.45, 7) is 0.122. The molecule has 0 aliphatic carbocycles. The molecule has 0 N–H and O–H groups in total. The van der Waals surface area contributed by atoms with E-state index in [9.17, 15) is 4.79 Å². The van der Waals surface area contributed by atoms with E-state index in [2.05, 4.69) is 14.5 Å². The largest absolute Gasteiger partial charge is 0.347 e. The minimum atomic E-state index is 0.122. The van der Waals surface area contributed by atoms with Crippen molar-refractivity contribution in [3.05, 3.63) is 6.29 Å². The van der Waals surface area contributed by atoms with Gasteiger partial charge in [0, 0.05) is 14.2 Å². The number of rotatable bonds is 4. The summed E-state index contributed by atoms with van der Waals surface area (Å²) in [4.78, 5) is 12.7. The van der Waals surface area contributed by atoms with Gasteiger partial charge in [-0.15, -0.1) is 0 Å². The Labute approximate surface area is 53.5 Å². The van der Waals surface area contributed by atoms with Crippen LogP contribution in [0.3, 0.4) is 0 Å².